The highest BCUT2D eigenvalue weighted by molar-refractivity contribution is 6.02. The Morgan fingerprint density at radius 1 is 0.800 bits per heavy atom. The second-order valence-electron chi connectivity index (χ2n) is 5.75. The van der Waals surface area contributed by atoms with Crippen molar-refractivity contribution in [3.8, 4) is 0 Å². The maximum absolute atomic E-state index is 14.4. The SMILES string of the molecule is CC(F)(C(=O)OCCc1ccccc1)C(=O)OCCc1ccccc1. The van der Waals surface area contributed by atoms with E-state index in [4.69, 9.17) is 9.47 Å². The molecule has 0 aliphatic rings. The number of alkyl halides is 1. The van der Waals surface area contributed by atoms with Crippen LogP contribution in [0, 0.1) is 0 Å². The van der Waals surface area contributed by atoms with Gasteiger partial charge in [-0.3, -0.25) is 0 Å². The van der Waals surface area contributed by atoms with Crippen LogP contribution in [-0.4, -0.2) is 30.8 Å². The standard InChI is InChI=1S/C20H21FO4/c1-20(21,18(22)24-14-12-16-8-4-2-5-9-16)19(23)25-15-13-17-10-6-3-7-11-17/h2-11H,12-15H2,1H3. The van der Waals surface area contributed by atoms with Gasteiger partial charge in [-0.05, 0) is 18.1 Å². The van der Waals surface area contributed by atoms with Crippen molar-refractivity contribution < 1.29 is 23.5 Å². The lowest BCUT2D eigenvalue weighted by Crippen LogP contribution is -2.42. The van der Waals surface area contributed by atoms with E-state index in [1.165, 1.54) is 0 Å². The zero-order valence-electron chi connectivity index (χ0n) is 14.1. The molecular weight excluding hydrogens is 323 g/mol. The Labute approximate surface area is 146 Å². The van der Waals surface area contributed by atoms with Gasteiger partial charge in [0.1, 0.15) is 0 Å². The summed E-state index contributed by atoms with van der Waals surface area (Å²) in [4.78, 5) is 23.7. The van der Waals surface area contributed by atoms with Gasteiger partial charge in [0.15, 0.2) is 0 Å². The van der Waals surface area contributed by atoms with Crippen molar-refractivity contribution in [3.63, 3.8) is 0 Å². The molecule has 0 radical (unpaired) electrons. The summed E-state index contributed by atoms with van der Waals surface area (Å²) in [6.45, 7) is 0.863. The van der Waals surface area contributed by atoms with E-state index in [1.807, 2.05) is 60.7 Å². The molecule has 132 valence electrons. The second-order valence-corrected chi connectivity index (χ2v) is 5.75. The molecule has 0 saturated heterocycles. The van der Waals surface area contributed by atoms with Crippen molar-refractivity contribution in [1.29, 1.82) is 0 Å². The van der Waals surface area contributed by atoms with Crippen molar-refractivity contribution in [2.45, 2.75) is 25.4 Å². The molecule has 0 unspecified atom stereocenters. The molecule has 0 aromatic heterocycles. The van der Waals surface area contributed by atoms with Gasteiger partial charge in [-0.15, -0.1) is 0 Å². The molecule has 0 heterocycles. The van der Waals surface area contributed by atoms with Crippen molar-refractivity contribution >= 4 is 11.9 Å². The third kappa shape index (κ3) is 5.71. The van der Waals surface area contributed by atoms with E-state index in [9.17, 15) is 14.0 Å². The van der Waals surface area contributed by atoms with Crippen LogP contribution in [0.25, 0.3) is 0 Å². The van der Waals surface area contributed by atoms with Crippen LogP contribution in [0.3, 0.4) is 0 Å². The Morgan fingerprint density at radius 2 is 1.16 bits per heavy atom. The molecule has 0 bridgehead atoms. The normalized spacial score (nSPS) is 11.0. The summed E-state index contributed by atoms with van der Waals surface area (Å²) in [5.41, 5.74) is -0.893. The van der Waals surface area contributed by atoms with Crippen LogP contribution in [0.2, 0.25) is 0 Å². The lowest BCUT2D eigenvalue weighted by molar-refractivity contribution is -0.173. The number of halogens is 1. The number of ether oxygens (including phenoxy) is 2. The number of carbonyl (C=O) groups excluding carboxylic acids is 2. The Bertz CT molecular complexity index is 624. The van der Waals surface area contributed by atoms with Gasteiger partial charge in [0, 0.05) is 12.8 Å². The lowest BCUT2D eigenvalue weighted by Gasteiger charge is -2.17. The molecule has 2 aromatic carbocycles. The van der Waals surface area contributed by atoms with Crippen molar-refractivity contribution in [1.82, 2.24) is 0 Å². The first-order valence-corrected chi connectivity index (χ1v) is 8.11. The number of benzene rings is 2. The average Bonchev–Trinajstić information content (AvgIpc) is 2.63. The highest BCUT2D eigenvalue weighted by Crippen LogP contribution is 2.16. The van der Waals surface area contributed by atoms with Crippen LogP contribution < -0.4 is 0 Å². The molecule has 5 heteroatoms. The van der Waals surface area contributed by atoms with E-state index in [0.29, 0.717) is 12.8 Å². The quantitative estimate of drug-likeness (QED) is 0.545. The molecule has 2 aromatic rings. The minimum Gasteiger partial charge on any atom is -0.463 e. The lowest BCUT2D eigenvalue weighted by atomic mass is 10.1. The summed E-state index contributed by atoms with van der Waals surface area (Å²) in [6.07, 6.45) is 0.900. The first kappa shape index (κ1) is 18.6. The van der Waals surface area contributed by atoms with Crippen LogP contribution in [0.15, 0.2) is 60.7 Å². The highest BCUT2D eigenvalue weighted by Gasteiger charge is 2.45. The Morgan fingerprint density at radius 3 is 1.52 bits per heavy atom. The number of hydrogen-bond acceptors (Lipinski definition) is 4. The van der Waals surface area contributed by atoms with Gasteiger partial charge in [0.05, 0.1) is 13.2 Å². The van der Waals surface area contributed by atoms with E-state index in [0.717, 1.165) is 18.1 Å². The van der Waals surface area contributed by atoms with E-state index in [2.05, 4.69) is 0 Å². The van der Waals surface area contributed by atoms with Crippen LogP contribution in [0.4, 0.5) is 4.39 Å². The van der Waals surface area contributed by atoms with E-state index >= 15 is 0 Å². The predicted molar refractivity (Wildman–Crippen MR) is 91.7 cm³/mol. The molecule has 0 aliphatic carbocycles. The molecule has 0 atom stereocenters. The van der Waals surface area contributed by atoms with Gasteiger partial charge in [-0.25, -0.2) is 14.0 Å². The maximum Gasteiger partial charge on any atom is 0.355 e. The summed E-state index contributed by atoms with van der Waals surface area (Å²) in [6, 6.07) is 18.7. The third-order valence-electron chi connectivity index (χ3n) is 3.70. The van der Waals surface area contributed by atoms with Gasteiger partial charge in [-0.1, -0.05) is 60.7 Å². The van der Waals surface area contributed by atoms with Gasteiger partial charge in [-0.2, -0.15) is 0 Å². The summed E-state index contributed by atoms with van der Waals surface area (Å²) < 4.78 is 24.1. The molecule has 0 spiro atoms. The minimum atomic E-state index is -2.81. The van der Waals surface area contributed by atoms with Gasteiger partial charge in [0.25, 0.3) is 5.67 Å². The van der Waals surface area contributed by atoms with Gasteiger partial charge in [0.2, 0.25) is 0 Å². The largest absolute Gasteiger partial charge is 0.463 e. The van der Waals surface area contributed by atoms with Crippen LogP contribution in [0.5, 0.6) is 0 Å². The Hall–Kier alpha value is -2.69. The highest BCUT2D eigenvalue weighted by atomic mass is 19.1. The summed E-state index contributed by atoms with van der Waals surface area (Å²) in [5.74, 6) is -2.46. The topological polar surface area (TPSA) is 52.6 Å². The minimum absolute atomic E-state index is 0.000345. The summed E-state index contributed by atoms with van der Waals surface area (Å²) in [5, 5.41) is 0. The van der Waals surface area contributed by atoms with Crippen LogP contribution in [0.1, 0.15) is 18.1 Å². The summed E-state index contributed by atoms with van der Waals surface area (Å²) in [7, 11) is 0. The van der Waals surface area contributed by atoms with Gasteiger partial charge < -0.3 is 9.47 Å². The number of esters is 2. The van der Waals surface area contributed by atoms with Crippen LogP contribution in [-0.2, 0) is 31.9 Å². The molecule has 0 N–H and O–H groups in total. The number of carbonyl (C=O) groups is 2. The predicted octanol–water partition coefficient (Wildman–Crippen LogP) is 3.29. The first-order chi connectivity index (χ1) is 12.0. The monoisotopic (exact) mass is 344 g/mol. The fourth-order valence-corrected chi connectivity index (χ4v) is 2.17. The Kier molecular flexibility index (Phi) is 6.69. The first-order valence-electron chi connectivity index (χ1n) is 8.11. The van der Waals surface area contributed by atoms with Crippen LogP contribution >= 0.6 is 0 Å². The molecule has 2 rings (SSSR count). The van der Waals surface area contributed by atoms with Crippen molar-refractivity contribution in [3.05, 3.63) is 71.8 Å². The number of hydrogen-bond donors (Lipinski definition) is 0. The summed E-state index contributed by atoms with van der Waals surface area (Å²) >= 11 is 0. The molecule has 0 saturated carbocycles. The van der Waals surface area contributed by atoms with E-state index in [1.54, 1.807) is 0 Å². The van der Waals surface area contributed by atoms with Gasteiger partial charge >= 0.3 is 11.9 Å². The van der Waals surface area contributed by atoms with E-state index < -0.39 is 17.6 Å². The fraction of sp³-hybridized carbons (Fsp3) is 0.300. The fourth-order valence-electron chi connectivity index (χ4n) is 2.17. The number of rotatable bonds is 8. The molecule has 4 nitrogen and oxygen atoms in total. The average molecular weight is 344 g/mol. The second kappa shape index (κ2) is 8.97. The molecule has 0 fully saturated rings. The zero-order chi connectivity index (χ0) is 18.1. The maximum atomic E-state index is 14.4. The van der Waals surface area contributed by atoms with Crippen molar-refractivity contribution in [2.75, 3.05) is 13.2 Å². The molecule has 25 heavy (non-hydrogen) atoms. The molecular formula is C20H21FO4. The van der Waals surface area contributed by atoms with Crippen molar-refractivity contribution in [2.24, 2.45) is 0 Å². The smallest absolute Gasteiger partial charge is 0.355 e. The zero-order valence-corrected chi connectivity index (χ0v) is 14.1. The van der Waals surface area contributed by atoms with E-state index in [-0.39, 0.29) is 13.2 Å². The Balaban J connectivity index is 1.75. The molecule has 0 aliphatic heterocycles. The molecule has 0 amide bonds. The third-order valence-corrected chi connectivity index (χ3v) is 3.70.